The van der Waals surface area contributed by atoms with Crippen LogP contribution in [-0.2, 0) is 0 Å². The van der Waals surface area contributed by atoms with Crippen LogP contribution >= 0.6 is 11.6 Å². The topological polar surface area (TPSA) is 49.8 Å². The van der Waals surface area contributed by atoms with Gasteiger partial charge in [0.25, 0.3) is 0 Å². The summed E-state index contributed by atoms with van der Waals surface area (Å²) >= 11 is 6.10. The molecule has 0 spiro atoms. The van der Waals surface area contributed by atoms with Gasteiger partial charge >= 0.3 is 0 Å². The lowest BCUT2D eigenvalue weighted by Gasteiger charge is -2.10. The maximum absolute atomic E-state index is 6.10. The van der Waals surface area contributed by atoms with Crippen LogP contribution < -0.4 is 10.6 Å². The average Bonchev–Trinajstić information content (AvgIpc) is 2.38. The molecule has 0 atom stereocenters. The summed E-state index contributed by atoms with van der Waals surface area (Å²) in [7, 11) is 0. The predicted molar refractivity (Wildman–Crippen MR) is 80.2 cm³/mol. The molecule has 0 unspecified atom stereocenters. The summed E-state index contributed by atoms with van der Waals surface area (Å²) in [6, 6.07) is 9.36. The van der Waals surface area contributed by atoms with Gasteiger partial charge in [-0.2, -0.15) is 0 Å². The van der Waals surface area contributed by atoms with Gasteiger partial charge in [-0.25, -0.2) is 9.97 Å². The Balaban J connectivity index is 2.22. The van der Waals surface area contributed by atoms with Crippen molar-refractivity contribution in [2.24, 2.45) is 0 Å². The Kier molecular flexibility index (Phi) is 4.36. The van der Waals surface area contributed by atoms with Crippen molar-refractivity contribution in [1.29, 1.82) is 0 Å². The standard InChI is InChI=1S/C14H15ClN4/c1-3-8-16-13-9-14(18-10(2)17-13)19-12-7-5-4-6-11(12)15/h3-7,9H,1,8H2,2H3,(H2,16,17,18,19). The van der Waals surface area contributed by atoms with Crippen molar-refractivity contribution < 1.29 is 0 Å². The van der Waals surface area contributed by atoms with Crippen LogP contribution in [0.3, 0.4) is 0 Å². The largest absolute Gasteiger partial charge is 0.366 e. The molecule has 0 fully saturated rings. The van der Waals surface area contributed by atoms with E-state index in [1.165, 1.54) is 0 Å². The van der Waals surface area contributed by atoms with E-state index in [1.54, 1.807) is 6.08 Å². The molecule has 1 heterocycles. The smallest absolute Gasteiger partial charge is 0.136 e. The number of nitrogens with zero attached hydrogens (tertiary/aromatic N) is 2. The van der Waals surface area contributed by atoms with E-state index < -0.39 is 0 Å². The number of hydrogen-bond acceptors (Lipinski definition) is 4. The summed E-state index contributed by atoms with van der Waals surface area (Å²) < 4.78 is 0. The fourth-order valence-electron chi connectivity index (χ4n) is 1.60. The normalized spacial score (nSPS) is 10.0. The van der Waals surface area contributed by atoms with Gasteiger partial charge in [-0.3, -0.25) is 0 Å². The third-order valence-electron chi connectivity index (χ3n) is 2.40. The van der Waals surface area contributed by atoms with Crippen molar-refractivity contribution in [3.05, 3.63) is 53.8 Å². The van der Waals surface area contributed by atoms with E-state index in [4.69, 9.17) is 11.6 Å². The number of aryl methyl sites for hydroxylation is 1. The molecule has 0 bridgehead atoms. The van der Waals surface area contributed by atoms with Gasteiger partial charge in [0, 0.05) is 12.6 Å². The molecule has 0 aliphatic rings. The van der Waals surface area contributed by atoms with Gasteiger partial charge < -0.3 is 10.6 Å². The Morgan fingerprint density at radius 3 is 2.74 bits per heavy atom. The fraction of sp³-hybridized carbons (Fsp3) is 0.143. The van der Waals surface area contributed by atoms with Crippen LogP contribution in [-0.4, -0.2) is 16.5 Å². The molecule has 19 heavy (non-hydrogen) atoms. The van der Waals surface area contributed by atoms with Crippen molar-refractivity contribution in [2.75, 3.05) is 17.2 Å². The number of nitrogens with one attached hydrogen (secondary N) is 2. The minimum atomic E-state index is 0.652. The molecular weight excluding hydrogens is 260 g/mol. The van der Waals surface area contributed by atoms with Gasteiger partial charge in [-0.1, -0.05) is 29.8 Å². The van der Waals surface area contributed by atoms with E-state index in [0.717, 1.165) is 11.5 Å². The van der Waals surface area contributed by atoms with Gasteiger partial charge in [0.15, 0.2) is 0 Å². The summed E-state index contributed by atoms with van der Waals surface area (Å²) in [6.07, 6.45) is 1.78. The molecule has 98 valence electrons. The van der Waals surface area contributed by atoms with Crippen molar-refractivity contribution in [2.45, 2.75) is 6.92 Å². The first-order valence-corrected chi connectivity index (χ1v) is 6.29. The molecule has 0 saturated carbocycles. The number of anilines is 3. The Bertz CT molecular complexity index is 583. The summed E-state index contributed by atoms with van der Waals surface area (Å²) in [6.45, 7) is 6.16. The van der Waals surface area contributed by atoms with E-state index >= 15 is 0 Å². The van der Waals surface area contributed by atoms with Crippen molar-refractivity contribution in [3.8, 4) is 0 Å². The minimum absolute atomic E-state index is 0.652. The first-order chi connectivity index (χ1) is 9.19. The molecule has 2 rings (SSSR count). The summed E-state index contributed by atoms with van der Waals surface area (Å²) in [5.41, 5.74) is 0.817. The molecule has 2 N–H and O–H groups in total. The zero-order chi connectivity index (χ0) is 13.7. The Labute approximate surface area is 117 Å². The average molecular weight is 275 g/mol. The molecule has 1 aromatic carbocycles. The zero-order valence-corrected chi connectivity index (χ0v) is 11.4. The molecule has 0 radical (unpaired) electrons. The van der Waals surface area contributed by atoms with Gasteiger partial charge in [-0.15, -0.1) is 6.58 Å². The second kappa shape index (κ2) is 6.20. The summed E-state index contributed by atoms with van der Waals surface area (Å²) in [5.74, 6) is 2.14. The van der Waals surface area contributed by atoms with E-state index in [1.807, 2.05) is 37.3 Å². The molecule has 0 aliphatic carbocycles. The van der Waals surface area contributed by atoms with Crippen LogP contribution in [0.15, 0.2) is 43.0 Å². The first-order valence-electron chi connectivity index (χ1n) is 5.91. The number of aromatic nitrogens is 2. The zero-order valence-electron chi connectivity index (χ0n) is 10.7. The number of benzene rings is 1. The van der Waals surface area contributed by atoms with Crippen LogP contribution in [0.4, 0.5) is 17.3 Å². The van der Waals surface area contributed by atoms with Crippen LogP contribution in [0.2, 0.25) is 5.02 Å². The fourth-order valence-corrected chi connectivity index (χ4v) is 1.78. The number of para-hydroxylation sites is 1. The monoisotopic (exact) mass is 274 g/mol. The minimum Gasteiger partial charge on any atom is -0.366 e. The SMILES string of the molecule is C=CCNc1cc(Nc2ccccc2Cl)nc(C)n1. The Morgan fingerprint density at radius 2 is 2.00 bits per heavy atom. The third kappa shape index (κ3) is 3.69. The first kappa shape index (κ1) is 13.4. The number of halogens is 1. The van der Waals surface area contributed by atoms with Crippen molar-refractivity contribution in [1.82, 2.24) is 9.97 Å². The van der Waals surface area contributed by atoms with Gasteiger partial charge in [0.1, 0.15) is 17.5 Å². The second-order valence-electron chi connectivity index (χ2n) is 3.96. The molecule has 2 aromatic rings. The maximum atomic E-state index is 6.10. The lowest BCUT2D eigenvalue weighted by molar-refractivity contribution is 1.05. The molecule has 4 nitrogen and oxygen atoms in total. The quantitative estimate of drug-likeness (QED) is 0.815. The lowest BCUT2D eigenvalue weighted by atomic mass is 10.3. The molecule has 0 amide bonds. The molecule has 0 aliphatic heterocycles. The highest BCUT2D eigenvalue weighted by atomic mass is 35.5. The van der Waals surface area contributed by atoms with Crippen LogP contribution in [0.1, 0.15) is 5.82 Å². The van der Waals surface area contributed by atoms with Crippen molar-refractivity contribution in [3.63, 3.8) is 0 Å². The third-order valence-corrected chi connectivity index (χ3v) is 2.73. The van der Waals surface area contributed by atoms with Gasteiger partial charge in [-0.05, 0) is 19.1 Å². The molecule has 5 heteroatoms. The van der Waals surface area contributed by atoms with E-state index in [-0.39, 0.29) is 0 Å². The van der Waals surface area contributed by atoms with Crippen molar-refractivity contribution >= 4 is 28.9 Å². The van der Waals surface area contributed by atoms with E-state index in [2.05, 4.69) is 27.2 Å². The Morgan fingerprint density at radius 1 is 1.26 bits per heavy atom. The van der Waals surface area contributed by atoms with Gasteiger partial charge in [0.05, 0.1) is 10.7 Å². The van der Waals surface area contributed by atoms with E-state index in [9.17, 15) is 0 Å². The summed E-state index contributed by atoms with van der Waals surface area (Å²) in [5, 5.41) is 6.97. The van der Waals surface area contributed by atoms with Crippen LogP contribution in [0.25, 0.3) is 0 Å². The summed E-state index contributed by atoms with van der Waals surface area (Å²) in [4.78, 5) is 8.62. The van der Waals surface area contributed by atoms with Crippen LogP contribution in [0, 0.1) is 6.92 Å². The molecule has 0 saturated heterocycles. The van der Waals surface area contributed by atoms with Crippen LogP contribution in [0.5, 0.6) is 0 Å². The number of hydrogen-bond donors (Lipinski definition) is 2. The van der Waals surface area contributed by atoms with E-state index in [0.29, 0.717) is 23.2 Å². The molecule has 1 aromatic heterocycles. The highest BCUT2D eigenvalue weighted by Crippen LogP contribution is 2.24. The lowest BCUT2D eigenvalue weighted by Crippen LogP contribution is -2.04. The molecular formula is C14H15ClN4. The predicted octanol–water partition coefficient (Wildman–Crippen LogP) is 3.78. The van der Waals surface area contributed by atoms with Gasteiger partial charge in [0.2, 0.25) is 0 Å². The Hall–Kier alpha value is -2.07. The highest BCUT2D eigenvalue weighted by molar-refractivity contribution is 6.33. The maximum Gasteiger partial charge on any atom is 0.136 e. The highest BCUT2D eigenvalue weighted by Gasteiger charge is 2.04. The number of rotatable bonds is 5. The second-order valence-corrected chi connectivity index (χ2v) is 4.37.